The molecular weight excluding hydrogens is 1730 g/mol. The van der Waals surface area contributed by atoms with Gasteiger partial charge in [-0.3, -0.25) is 17.8 Å². The molecule has 13 aromatic rings. The molecule has 0 amide bonds. The summed E-state index contributed by atoms with van der Waals surface area (Å²) in [6, 6.07) is 57.5. The van der Waals surface area contributed by atoms with Gasteiger partial charge in [0, 0.05) is 16.7 Å². The summed E-state index contributed by atoms with van der Waals surface area (Å²) >= 11 is 0. The predicted molar refractivity (Wildman–Crippen MR) is 555 cm³/mol. The van der Waals surface area contributed by atoms with Gasteiger partial charge in [-0.2, -0.15) is 33.7 Å². The Bertz CT molecular complexity index is 6520. The summed E-state index contributed by atoms with van der Waals surface area (Å²) in [5.74, 6) is -1.47. The minimum Gasteiger partial charge on any atom is -0.478 e. The summed E-state index contributed by atoms with van der Waals surface area (Å²) in [4.78, 5) is 9.62. The summed E-state index contributed by atoms with van der Waals surface area (Å²) in [5.41, 5.74) is 52.2. The zero-order valence-electron chi connectivity index (χ0n) is 84.7. The summed E-state index contributed by atoms with van der Waals surface area (Å²) in [6.45, 7) is 69.8. The summed E-state index contributed by atoms with van der Waals surface area (Å²) in [6.07, 6.45) is 1.03. The number of carbonyl (C=O) groups is 1. The summed E-state index contributed by atoms with van der Waals surface area (Å²) < 4.78 is 126. The molecule has 0 aliphatic heterocycles. The standard InChI is InChI=1S/C19H24.C18H22.C16H18O6S2.C16H18.C14H14O6S2.C12H18.C11H16.C9H10O2/c1-12-7-18(8-13(2)16(12)5)11-19-9-14(3)17(6)15(4)10-19;1-11-7-17(8-12(2)15(11)5)18-9-13(3)16(6)14(4)10-18;1-11-4-6-14(13(8-11)10-23(17,18)19)15-7-5-12(2)9-16(15)24(20,21)22-3;1-11-5-7-15(9-13(11)3)16-8-6-12(2)14(4)10-16;1-9-3-5-11(13(7-9)21(15,16)17)12-6-4-10(2)8-14(12)22(18,19)20;1-7-8(2)10(4)12(6)11(5)9(7)3;1-7-6-8(2)10(4)11(5)9(7)3;1-6-3-7(2)5-8(4-6)9(10)11/h7-10H,11H2,1-6H3;7-10H,1-6H3;4-9H,10H2,1-3H3,(H,17,18,19);5-10H,1-4H3;3-8H,1-2H3,(H,15,16,17)(H,18,19,20);1-6H3;6H,1-5H3;3-5H,1-2H3,(H,10,11). The van der Waals surface area contributed by atoms with Gasteiger partial charge in [0.15, 0.2) is 0 Å². The molecule has 13 aromatic carbocycles. The van der Waals surface area contributed by atoms with Crippen LogP contribution in [-0.4, -0.2) is 65.5 Å². The smallest absolute Gasteiger partial charge is 0.335 e. The Morgan fingerprint density at radius 3 is 0.797 bits per heavy atom. The van der Waals surface area contributed by atoms with E-state index in [0.29, 0.717) is 33.4 Å². The van der Waals surface area contributed by atoms with Crippen molar-refractivity contribution in [3.8, 4) is 44.5 Å². The van der Waals surface area contributed by atoms with Crippen molar-refractivity contribution in [2.24, 2.45) is 0 Å². The monoisotopic (exact) mass is 1870 g/mol. The first-order chi connectivity index (χ1) is 61.5. The molecule has 0 saturated heterocycles. The van der Waals surface area contributed by atoms with Gasteiger partial charge in [-0.15, -0.1) is 0 Å². The van der Waals surface area contributed by atoms with E-state index in [1.54, 1.807) is 82.3 Å². The lowest BCUT2D eigenvalue weighted by Gasteiger charge is -2.15. The fourth-order valence-corrected chi connectivity index (χ4v) is 18.9. The van der Waals surface area contributed by atoms with Crippen molar-refractivity contribution in [1.29, 1.82) is 0 Å². The molecule has 0 spiro atoms. The molecule has 0 saturated carbocycles. The predicted octanol–water partition coefficient (Wildman–Crippen LogP) is 28.8. The second kappa shape index (κ2) is 46.8. The average Bonchev–Trinajstić information content (AvgIpc) is 0.773. The molecule has 0 aliphatic carbocycles. The molecule has 4 N–H and O–H groups in total. The van der Waals surface area contributed by atoms with Gasteiger partial charge in [0.2, 0.25) is 0 Å². The van der Waals surface area contributed by atoms with Gasteiger partial charge in [-0.25, -0.2) is 4.79 Å². The van der Waals surface area contributed by atoms with E-state index in [1.165, 1.54) is 214 Å². The van der Waals surface area contributed by atoms with Crippen LogP contribution in [0.15, 0.2) is 197 Å². The molecule has 0 heterocycles. The molecule has 0 aromatic heterocycles. The van der Waals surface area contributed by atoms with E-state index in [4.69, 9.17) is 5.11 Å². The minimum absolute atomic E-state index is 0.000671. The van der Waals surface area contributed by atoms with Crippen molar-refractivity contribution in [2.45, 2.75) is 255 Å². The molecule has 18 heteroatoms. The maximum absolute atomic E-state index is 12.2. The second-order valence-electron chi connectivity index (χ2n) is 36.2. The molecule has 14 nitrogen and oxygen atoms in total. The Morgan fingerprint density at radius 2 is 0.511 bits per heavy atom. The molecule has 0 radical (unpaired) electrons. The van der Waals surface area contributed by atoms with Gasteiger partial charge in [0.05, 0.1) is 12.7 Å². The van der Waals surface area contributed by atoms with Gasteiger partial charge in [-0.05, 0) is 477 Å². The fraction of sp³-hybridized carbons (Fsp3) is 0.313. The maximum Gasteiger partial charge on any atom is 0.335 e. The number of aryl methyl sites for hydroxylation is 20. The molecule has 0 bridgehead atoms. The Morgan fingerprint density at radius 1 is 0.248 bits per heavy atom. The molecule has 0 unspecified atom stereocenters. The first-order valence-corrected chi connectivity index (χ1v) is 50.3. The van der Waals surface area contributed by atoms with Crippen molar-refractivity contribution in [3.63, 3.8) is 0 Å². The van der Waals surface area contributed by atoms with Crippen molar-refractivity contribution >= 4 is 46.4 Å². The zero-order chi connectivity index (χ0) is 101. The van der Waals surface area contributed by atoms with Crippen molar-refractivity contribution in [3.05, 3.63) is 388 Å². The topological polar surface area (TPSA) is 244 Å². The second-order valence-corrected chi connectivity index (χ2v) is 42.1. The van der Waals surface area contributed by atoms with Crippen LogP contribution in [0.1, 0.15) is 211 Å². The van der Waals surface area contributed by atoms with Gasteiger partial charge in [0.1, 0.15) is 20.4 Å². The Balaban J connectivity index is 0.000000237. The molecule has 13 rings (SSSR count). The van der Waals surface area contributed by atoms with Crippen LogP contribution in [0, 0.1) is 228 Å². The maximum atomic E-state index is 12.2. The number of carboxylic acid groups (broad SMARTS) is 1. The lowest BCUT2D eigenvalue weighted by Crippen LogP contribution is -2.08. The van der Waals surface area contributed by atoms with E-state index < -0.39 is 62.0 Å². The normalized spacial score (nSPS) is 11.1. The molecule has 0 atom stereocenters. The zero-order valence-corrected chi connectivity index (χ0v) is 88.0. The SMILES string of the molecule is COS(=O)(=O)c1cc(C)ccc1-c1ccc(C)cc1CS(=O)(=O)O.Cc1c(C)c(C)c(C)c(C)c1C.Cc1cc(-c2cc(C)c(C)c(C)c2)cc(C)c1C.Cc1cc(C)c(C)c(C)c1C.Cc1cc(C)cc(C(=O)O)c1.Cc1cc(Cc2cc(C)c(C)c(C)c2)cc(C)c1C.Cc1ccc(-c2ccc(C)c(C)c2)cc1C.Cc1ccc(-c2ccc(C)cc2S(=O)(=O)O)c(S(=O)(=O)O)c1. The van der Waals surface area contributed by atoms with E-state index in [2.05, 4.69) is 282 Å². The third-order valence-corrected chi connectivity index (χ3v) is 29.9. The van der Waals surface area contributed by atoms with Gasteiger partial charge < -0.3 is 5.11 Å². The largest absolute Gasteiger partial charge is 0.478 e. The van der Waals surface area contributed by atoms with Crippen LogP contribution in [0.4, 0.5) is 0 Å². The summed E-state index contributed by atoms with van der Waals surface area (Å²) in [7, 11) is -16.3. The highest BCUT2D eigenvalue weighted by molar-refractivity contribution is 7.87. The lowest BCUT2D eigenvalue weighted by atomic mass is 9.90. The van der Waals surface area contributed by atoms with E-state index >= 15 is 0 Å². The van der Waals surface area contributed by atoms with E-state index in [1.807, 2.05) is 19.9 Å². The van der Waals surface area contributed by atoms with Crippen LogP contribution >= 0.6 is 0 Å². The number of rotatable bonds is 13. The van der Waals surface area contributed by atoms with E-state index in [-0.39, 0.29) is 16.0 Å². The van der Waals surface area contributed by atoms with E-state index in [9.17, 15) is 52.1 Å². The first kappa shape index (κ1) is 111. The van der Waals surface area contributed by atoms with Crippen molar-refractivity contribution < 1.29 is 61.4 Å². The Hall–Kier alpha value is -11.0. The lowest BCUT2D eigenvalue weighted by molar-refractivity contribution is 0.0696. The quantitative estimate of drug-likeness (QED) is 0.0620. The van der Waals surface area contributed by atoms with Crippen LogP contribution in [-0.2, 0) is 56.8 Å². The number of hydrogen-bond acceptors (Lipinski definition) is 10. The average molecular weight is 1870 g/mol. The van der Waals surface area contributed by atoms with Crippen LogP contribution in [0.3, 0.4) is 0 Å². The van der Waals surface area contributed by atoms with Crippen molar-refractivity contribution in [2.75, 3.05) is 7.11 Å². The van der Waals surface area contributed by atoms with Crippen LogP contribution in [0.25, 0.3) is 44.5 Å². The third-order valence-electron chi connectivity index (χ3n) is 26.1. The molecular formula is C115H140O14S4. The molecule has 0 fully saturated rings. The highest BCUT2D eigenvalue weighted by Gasteiger charge is 2.26. The van der Waals surface area contributed by atoms with Crippen LogP contribution < -0.4 is 0 Å². The minimum atomic E-state index is -4.55. The highest BCUT2D eigenvalue weighted by atomic mass is 32.2. The van der Waals surface area contributed by atoms with Crippen LogP contribution in [0.5, 0.6) is 0 Å². The Kier molecular flexibility index (Phi) is 38.9. The molecule has 133 heavy (non-hydrogen) atoms. The third kappa shape index (κ3) is 30.5. The number of aromatic carboxylic acids is 1. The van der Waals surface area contributed by atoms with Gasteiger partial charge in [-0.1, -0.05) is 168 Å². The Labute approximate surface area is 796 Å². The highest BCUT2D eigenvalue weighted by Crippen LogP contribution is 2.38. The molecule has 708 valence electrons. The van der Waals surface area contributed by atoms with Crippen molar-refractivity contribution in [1.82, 2.24) is 0 Å². The van der Waals surface area contributed by atoms with Gasteiger partial charge in [0.25, 0.3) is 40.5 Å². The van der Waals surface area contributed by atoms with Gasteiger partial charge >= 0.3 is 5.97 Å². The number of carboxylic acids is 1. The van der Waals surface area contributed by atoms with Crippen LogP contribution in [0.2, 0.25) is 0 Å². The summed E-state index contributed by atoms with van der Waals surface area (Å²) in [5, 5.41) is 8.63. The number of hydrogen-bond donors (Lipinski definition) is 4. The number of benzene rings is 13. The van der Waals surface area contributed by atoms with E-state index in [0.717, 1.165) is 35.8 Å². The first-order valence-electron chi connectivity index (χ1n) is 44.5. The fourth-order valence-electron chi connectivity index (χ4n) is 15.7. The molecule has 0 aliphatic rings.